The fraction of sp³-hybridized carbons (Fsp3) is 0.350. The Bertz CT molecular complexity index is 826. The van der Waals surface area contributed by atoms with E-state index in [-0.39, 0.29) is 17.7 Å². The summed E-state index contributed by atoms with van der Waals surface area (Å²) in [6.07, 6.45) is 0.778. The van der Waals surface area contributed by atoms with Crippen molar-refractivity contribution < 1.29 is 32.5 Å². The van der Waals surface area contributed by atoms with Crippen LogP contribution in [0.25, 0.3) is 11.1 Å². The molecule has 0 amide bonds. The zero-order valence-corrected chi connectivity index (χ0v) is 14.7. The molecule has 0 spiro atoms. The summed E-state index contributed by atoms with van der Waals surface area (Å²) in [5.74, 6) is -4.04. The summed E-state index contributed by atoms with van der Waals surface area (Å²) < 4.78 is 53.0. The molecule has 7 heteroatoms. The van der Waals surface area contributed by atoms with Crippen molar-refractivity contribution in [3.05, 3.63) is 47.8 Å². The fourth-order valence-corrected chi connectivity index (χ4v) is 2.62. The van der Waals surface area contributed by atoms with Gasteiger partial charge in [-0.2, -0.15) is 0 Å². The molecule has 144 valence electrons. The van der Waals surface area contributed by atoms with Crippen molar-refractivity contribution in [1.82, 2.24) is 0 Å². The van der Waals surface area contributed by atoms with Gasteiger partial charge in [0.1, 0.15) is 11.6 Å². The summed E-state index contributed by atoms with van der Waals surface area (Å²) in [6.45, 7) is 1.95. The number of ether oxygens (including phenoxy) is 2. The van der Waals surface area contributed by atoms with Gasteiger partial charge >= 0.3 is 5.97 Å². The lowest BCUT2D eigenvalue weighted by molar-refractivity contribution is -0.145. The summed E-state index contributed by atoms with van der Waals surface area (Å²) >= 11 is 0. The van der Waals surface area contributed by atoms with Gasteiger partial charge in [-0.25, -0.2) is 18.0 Å². The van der Waals surface area contributed by atoms with Crippen LogP contribution in [0, 0.1) is 23.4 Å². The van der Waals surface area contributed by atoms with E-state index in [1.807, 2.05) is 0 Å². The fourth-order valence-electron chi connectivity index (χ4n) is 2.62. The van der Waals surface area contributed by atoms with Crippen molar-refractivity contribution in [2.75, 3.05) is 6.61 Å². The zero-order chi connectivity index (χ0) is 19.6. The molecule has 0 saturated heterocycles. The second-order valence-corrected chi connectivity index (χ2v) is 6.52. The van der Waals surface area contributed by atoms with Crippen molar-refractivity contribution in [2.45, 2.75) is 32.3 Å². The van der Waals surface area contributed by atoms with Gasteiger partial charge in [0, 0.05) is 11.6 Å². The van der Waals surface area contributed by atoms with Gasteiger partial charge < -0.3 is 14.6 Å². The molecule has 27 heavy (non-hydrogen) atoms. The van der Waals surface area contributed by atoms with Crippen LogP contribution in [0.3, 0.4) is 0 Å². The number of halogens is 3. The van der Waals surface area contributed by atoms with E-state index in [0.717, 1.165) is 25.0 Å². The van der Waals surface area contributed by atoms with Crippen molar-refractivity contribution in [3.63, 3.8) is 0 Å². The molecule has 2 aromatic carbocycles. The van der Waals surface area contributed by atoms with Crippen molar-refractivity contribution >= 4 is 5.97 Å². The molecule has 1 unspecified atom stereocenters. The van der Waals surface area contributed by atoms with Gasteiger partial charge in [-0.05, 0) is 55.0 Å². The number of carboxylic acids is 1. The third-order valence-corrected chi connectivity index (χ3v) is 4.33. The van der Waals surface area contributed by atoms with Gasteiger partial charge in [-0.3, -0.25) is 0 Å². The van der Waals surface area contributed by atoms with Gasteiger partial charge in [0.15, 0.2) is 23.5 Å². The number of rotatable bonds is 8. The van der Waals surface area contributed by atoms with Crippen LogP contribution in [-0.4, -0.2) is 23.8 Å². The monoisotopic (exact) mass is 380 g/mol. The van der Waals surface area contributed by atoms with E-state index in [9.17, 15) is 18.0 Å². The standard InChI is InChI=1S/C20H19F3O4/c1-2-17(20(24)25)27-19-15(22)7-12(8-16(19)23)14-6-5-13(21)9-18(14)26-10-11-3-4-11/h5-9,11,17H,2-4,10H2,1H3,(H,24,25). The molecule has 0 bridgehead atoms. The first kappa shape index (κ1) is 19.1. The van der Waals surface area contributed by atoms with Crippen LogP contribution in [0.2, 0.25) is 0 Å². The maximum Gasteiger partial charge on any atom is 0.344 e. The summed E-state index contributed by atoms with van der Waals surface area (Å²) in [7, 11) is 0. The molecule has 0 heterocycles. The van der Waals surface area contributed by atoms with Crippen LogP contribution in [0.15, 0.2) is 30.3 Å². The largest absolute Gasteiger partial charge is 0.493 e. The minimum absolute atomic E-state index is 0.0487. The molecule has 1 N–H and O–H groups in total. The van der Waals surface area contributed by atoms with Gasteiger partial charge in [0.25, 0.3) is 0 Å². The lowest BCUT2D eigenvalue weighted by atomic mass is 10.0. The van der Waals surface area contributed by atoms with Crippen molar-refractivity contribution in [1.29, 1.82) is 0 Å². The average molecular weight is 380 g/mol. The lowest BCUT2D eigenvalue weighted by Gasteiger charge is -2.16. The molecule has 2 aromatic rings. The van der Waals surface area contributed by atoms with E-state index in [1.165, 1.54) is 25.1 Å². The highest BCUT2D eigenvalue weighted by atomic mass is 19.1. The number of benzene rings is 2. The number of carboxylic acid groups (broad SMARTS) is 1. The van der Waals surface area contributed by atoms with Gasteiger partial charge in [-0.1, -0.05) is 6.92 Å². The molecule has 3 rings (SSSR count). The van der Waals surface area contributed by atoms with Gasteiger partial charge in [0.2, 0.25) is 0 Å². The Balaban J connectivity index is 1.92. The summed E-state index contributed by atoms with van der Waals surface area (Å²) in [5.41, 5.74) is 0.484. The molecule has 0 aromatic heterocycles. The highest BCUT2D eigenvalue weighted by molar-refractivity contribution is 5.73. The summed E-state index contributed by atoms with van der Waals surface area (Å²) in [5, 5.41) is 9.00. The summed E-state index contributed by atoms with van der Waals surface area (Å²) in [4.78, 5) is 11.0. The molecule has 0 aliphatic heterocycles. The van der Waals surface area contributed by atoms with Crippen LogP contribution in [-0.2, 0) is 4.79 Å². The summed E-state index contributed by atoms with van der Waals surface area (Å²) in [6, 6.07) is 5.78. The second-order valence-electron chi connectivity index (χ2n) is 6.52. The Morgan fingerprint density at radius 2 is 1.85 bits per heavy atom. The van der Waals surface area contributed by atoms with E-state index < -0.39 is 35.3 Å². The quantitative estimate of drug-likeness (QED) is 0.715. The molecule has 1 saturated carbocycles. The minimum Gasteiger partial charge on any atom is -0.493 e. The predicted molar refractivity (Wildman–Crippen MR) is 92.3 cm³/mol. The number of hydrogen-bond acceptors (Lipinski definition) is 3. The van der Waals surface area contributed by atoms with Gasteiger partial charge in [-0.15, -0.1) is 0 Å². The van der Waals surface area contributed by atoms with E-state index in [2.05, 4.69) is 0 Å². The Labute approximate surface area is 154 Å². The first-order valence-corrected chi connectivity index (χ1v) is 8.70. The first-order valence-electron chi connectivity index (χ1n) is 8.70. The molecular weight excluding hydrogens is 361 g/mol. The maximum atomic E-state index is 14.4. The van der Waals surface area contributed by atoms with Gasteiger partial charge in [0.05, 0.1) is 6.61 Å². The smallest absolute Gasteiger partial charge is 0.344 e. The lowest BCUT2D eigenvalue weighted by Crippen LogP contribution is -2.26. The maximum absolute atomic E-state index is 14.4. The van der Waals surface area contributed by atoms with E-state index in [4.69, 9.17) is 14.6 Å². The van der Waals surface area contributed by atoms with Crippen molar-refractivity contribution in [2.24, 2.45) is 5.92 Å². The van der Waals surface area contributed by atoms with E-state index in [0.29, 0.717) is 18.1 Å². The van der Waals surface area contributed by atoms with E-state index >= 15 is 0 Å². The number of hydrogen-bond donors (Lipinski definition) is 1. The second kappa shape index (κ2) is 7.90. The Morgan fingerprint density at radius 1 is 1.19 bits per heavy atom. The minimum atomic E-state index is -1.36. The molecule has 1 aliphatic carbocycles. The van der Waals surface area contributed by atoms with Crippen LogP contribution >= 0.6 is 0 Å². The normalized spacial score (nSPS) is 14.7. The Morgan fingerprint density at radius 3 is 2.41 bits per heavy atom. The first-order chi connectivity index (χ1) is 12.9. The van der Waals surface area contributed by atoms with Crippen LogP contribution in [0.4, 0.5) is 13.2 Å². The zero-order valence-electron chi connectivity index (χ0n) is 14.7. The van der Waals surface area contributed by atoms with Crippen LogP contribution in [0.5, 0.6) is 11.5 Å². The molecule has 1 fully saturated rings. The van der Waals surface area contributed by atoms with E-state index in [1.54, 1.807) is 0 Å². The third kappa shape index (κ3) is 4.53. The highest BCUT2D eigenvalue weighted by Crippen LogP contribution is 2.37. The number of carbonyl (C=O) groups is 1. The molecule has 1 atom stereocenters. The molecule has 4 nitrogen and oxygen atoms in total. The Kier molecular flexibility index (Phi) is 5.58. The predicted octanol–water partition coefficient (Wildman–Crippen LogP) is 4.80. The van der Waals surface area contributed by atoms with Crippen LogP contribution in [0.1, 0.15) is 26.2 Å². The van der Waals surface area contributed by atoms with Crippen LogP contribution < -0.4 is 9.47 Å². The Hall–Kier alpha value is -2.70. The average Bonchev–Trinajstić information content (AvgIpc) is 3.43. The topological polar surface area (TPSA) is 55.8 Å². The number of aliphatic carboxylic acids is 1. The SMILES string of the molecule is CCC(Oc1c(F)cc(-c2ccc(F)cc2OCC2CC2)cc1F)C(=O)O. The van der Waals surface area contributed by atoms with Crippen molar-refractivity contribution in [3.8, 4) is 22.6 Å². The third-order valence-electron chi connectivity index (χ3n) is 4.33. The molecular formula is C20H19F3O4. The molecule has 1 aliphatic rings. The molecule has 0 radical (unpaired) electrons. The highest BCUT2D eigenvalue weighted by Gasteiger charge is 2.24.